The lowest BCUT2D eigenvalue weighted by Gasteiger charge is -2.12. The summed E-state index contributed by atoms with van der Waals surface area (Å²) in [7, 11) is 0. The van der Waals surface area contributed by atoms with Crippen LogP contribution in [0.4, 0.5) is 4.39 Å². The van der Waals surface area contributed by atoms with Crippen molar-refractivity contribution in [2.45, 2.75) is 36.5 Å². The molecule has 2 nitrogen and oxygen atoms in total. The minimum Gasteiger partial charge on any atom is -0.396 e. The van der Waals surface area contributed by atoms with Gasteiger partial charge in [-0.3, -0.25) is 0 Å². The number of hydrogen-bond acceptors (Lipinski definition) is 3. The fraction of sp³-hybridized carbons (Fsp3) is 0.500. The third-order valence-corrected chi connectivity index (χ3v) is 3.57. The van der Waals surface area contributed by atoms with Crippen LogP contribution in [-0.4, -0.2) is 17.0 Å². The predicted octanol–water partition coefficient (Wildman–Crippen LogP) is 2.71. The molecule has 0 aliphatic heterocycles. The summed E-state index contributed by atoms with van der Waals surface area (Å²) in [6.07, 6.45) is 0.666. The van der Waals surface area contributed by atoms with Crippen LogP contribution in [-0.2, 0) is 0 Å². The van der Waals surface area contributed by atoms with E-state index in [0.717, 1.165) is 5.56 Å². The quantitative estimate of drug-likeness (QED) is 0.782. The van der Waals surface area contributed by atoms with Crippen molar-refractivity contribution in [2.75, 3.05) is 6.61 Å². The summed E-state index contributed by atoms with van der Waals surface area (Å²) in [5.41, 5.74) is 6.48. The molecule has 2 unspecified atom stereocenters. The van der Waals surface area contributed by atoms with Gasteiger partial charge in [-0.25, -0.2) is 4.39 Å². The normalized spacial score (nSPS) is 14.8. The smallest absolute Gasteiger partial charge is 0.137 e. The van der Waals surface area contributed by atoms with Crippen LogP contribution in [0, 0.1) is 5.82 Å². The van der Waals surface area contributed by atoms with E-state index in [1.54, 1.807) is 6.07 Å². The van der Waals surface area contributed by atoms with E-state index in [2.05, 4.69) is 0 Å². The number of nitrogens with two attached hydrogens (primary N) is 1. The van der Waals surface area contributed by atoms with Gasteiger partial charge in [0.25, 0.3) is 0 Å². The summed E-state index contributed by atoms with van der Waals surface area (Å²) in [5, 5.41) is 8.99. The van der Waals surface area contributed by atoms with Crippen LogP contribution in [0.1, 0.15) is 31.9 Å². The first-order chi connectivity index (χ1) is 7.54. The zero-order valence-electron chi connectivity index (χ0n) is 9.61. The summed E-state index contributed by atoms with van der Waals surface area (Å²) in [4.78, 5) is 0.616. The van der Waals surface area contributed by atoms with Gasteiger partial charge in [0, 0.05) is 22.8 Å². The monoisotopic (exact) mass is 243 g/mol. The van der Waals surface area contributed by atoms with Crippen LogP contribution >= 0.6 is 11.8 Å². The van der Waals surface area contributed by atoms with E-state index in [1.807, 2.05) is 19.9 Å². The largest absolute Gasteiger partial charge is 0.396 e. The molecule has 0 amide bonds. The zero-order valence-corrected chi connectivity index (χ0v) is 10.4. The molecule has 2 atom stereocenters. The van der Waals surface area contributed by atoms with Crippen LogP contribution in [0.2, 0.25) is 0 Å². The molecule has 0 heterocycles. The van der Waals surface area contributed by atoms with Crippen molar-refractivity contribution >= 4 is 11.8 Å². The Kier molecular flexibility index (Phi) is 5.25. The maximum atomic E-state index is 13.7. The second kappa shape index (κ2) is 6.23. The molecule has 16 heavy (non-hydrogen) atoms. The molecule has 4 heteroatoms. The predicted molar refractivity (Wildman–Crippen MR) is 66.0 cm³/mol. The average molecular weight is 243 g/mol. The third kappa shape index (κ3) is 3.77. The minimum atomic E-state index is -0.232. The Morgan fingerprint density at radius 3 is 2.62 bits per heavy atom. The SMILES string of the molecule is CC(CCO)Sc1ccc(C(C)N)cc1F. The van der Waals surface area contributed by atoms with E-state index in [4.69, 9.17) is 10.8 Å². The summed E-state index contributed by atoms with van der Waals surface area (Å²) in [6, 6.07) is 4.94. The molecule has 1 aromatic carbocycles. The molecule has 0 saturated heterocycles. The van der Waals surface area contributed by atoms with Crippen molar-refractivity contribution in [1.82, 2.24) is 0 Å². The summed E-state index contributed by atoms with van der Waals surface area (Å²) in [5.74, 6) is -0.232. The molecule has 0 spiro atoms. The second-order valence-corrected chi connectivity index (χ2v) is 5.40. The van der Waals surface area contributed by atoms with E-state index in [-0.39, 0.29) is 23.7 Å². The molecular formula is C12H18FNOS. The molecule has 0 aromatic heterocycles. The molecule has 0 aliphatic carbocycles. The maximum Gasteiger partial charge on any atom is 0.137 e. The van der Waals surface area contributed by atoms with Gasteiger partial charge < -0.3 is 10.8 Å². The van der Waals surface area contributed by atoms with Crippen molar-refractivity contribution in [3.63, 3.8) is 0 Å². The Hall–Kier alpha value is -0.580. The van der Waals surface area contributed by atoms with Gasteiger partial charge in [-0.1, -0.05) is 13.0 Å². The van der Waals surface area contributed by atoms with Crippen LogP contribution < -0.4 is 5.73 Å². The molecule has 0 aliphatic rings. The molecule has 1 rings (SSSR count). The average Bonchev–Trinajstić information content (AvgIpc) is 2.21. The van der Waals surface area contributed by atoms with Crippen molar-refractivity contribution in [1.29, 1.82) is 0 Å². The first-order valence-corrected chi connectivity index (χ1v) is 6.25. The lowest BCUT2D eigenvalue weighted by Crippen LogP contribution is -2.06. The number of aliphatic hydroxyl groups excluding tert-OH is 1. The lowest BCUT2D eigenvalue weighted by atomic mass is 10.1. The number of thioether (sulfide) groups is 1. The van der Waals surface area contributed by atoms with E-state index < -0.39 is 0 Å². The number of halogens is 1. The fourth-order valence-electron chi connectivity index (χ4n) is 1.35. The Morgan fingerprint density at radius 2 is 2.12 bits per heavy atom. The van der Waals surface area contributed by atoms with Gasteiger partial charge in [0.15, 0.2) is 0 Å². The number of rotatable bonds is 5. The Labute approximate surface area is 100 Å². The first kappa shape index (κ1) is 13.5. The molecule has 0 radical (unpaired) electrons. The highest BCUT2D eigenvalue weighted by atomic mass is 32.2. The first-order valence-electron chi connectivity index (χ1n) is 5.37. The molecule has 0 bridgehead atoms. The number of aliphatic hydroxyl groups is 1. The molecule has 90 valence electrons. The highest BCUT2D eigenvalue weighted by Gasteiger charge is 2.10. The van der Waals surface area contributed by atoms with Crippen molar-refractivity contribution in [3.8, 4) is 0 Å². The zero-order chi connectivity index (χ0) is 12.1. The van der Waals surface area contributed by atoms with Crippen LogP contribution in [0.15, 0.2) is 23.1 Å². The second-order valence-electron chi connectivity index (χ2n) is 3.92. The van der Waals surface area contributed by atoms with Gasteiger partial charge in [0.2, 0.25) is 0 Å². The van der Waals surface area contributed by atoms with Gasteiger partial charge in [0.05, 0.1) is 0 Å². The number of benzene rings is 1. The summed E-state index contributed by atoms with van der Waals surface area (Å²) >= 11 is 1.44. The van der Waals surface area contributed by atoms with Crippen LogP contribution in [0.3, 0.4) is 0 Å². The van der Waals surface area contributed by atoms with E-state index in [0.29, 0.717) is 11.3 Å². The van der Waals surface area contributed by atoms with E-state index in [9.17, 15) is 4.39 Å². The Bertz CT molecular complexity index is 344. The standard InChI is InChI=1S/C12H18FNOS/c1-8(5-6-15)16-12-4-3-10(9(2)14)7-11(12)13/h3-4,7-9,15H,5-6,14H2,1-2H3. The third-order valence-electron chi connectivity index (χ3n) is 2.35. The Balaban J connectivity index is 2.75. The molecule has 1 aromatic rings. The highest BCUT2D eigenvalue weighted by Crippen LogP contribution is 2.28. The van der Waals surface area contributed by atoms with Gasteiger partial charge >= 0.3 is 0 Å². The van der Waals surface area contributed by atoms with Gasteiger partial charge in [-0.05, 0) is 31.0 Å². The van der Waals surface area contributed by atoms with Crippen LogP contribution in [0.5, 0.6) is 0 Å². The van der Waals surface area contributed by atoms with Crippen LogP contribution in [0.25, 0.3) is 0 Å². The molecule has 0 saturated carbocycles. The van der Waals surface area contributed by atoms with Crippen molar-refractivity contribution in [3.05, 3.63) is 29.6 Å². The lowest BCUT2D eigenvalue weighted by molar-refractivity contribution is 0.289. The van der Waals surface area contributed by atoms with Crippen molar-refractivity contribution in [2.24, 2.45) is 5.73 Å². The molecule has 0 fully saturated rings. The van der Waals surface area contributed by atoms with E-state index >= 15 is 0 Å². The molecular weight excluding hydrogens is 225 g/mol. The van der Waals surface area contributed by atoms with Gasteiger partial charge in [-0.15, -0.1) is 11.8 Å². The van der Waals surface area contributed by atoms with E-state index in [1.165, 1.54) is 17.8 Å². The van der Waals surface area contributed by atoms with Gasteiger partial charge in [-0.2, -0.15) is 0 Å². The summed E-state index contributed by atoms with van der Waals surface area (Å²) in [6.45, 7) is 3.93. The maximum absolute atomic E-state index is 13.7. The summed E-state index contributed by atoms with van der Waals surface area (Å²) < 4.78 is 13.7. The number of hydrogen-bond donors (Lipinski definition) is 2. The van der Waals surface area contributed by atoms with Gasteiger partial charge in [0.1, 0.15) is 5.82 Å². The molecule has 3 N–H and O–H groups in total. The topological polar surface area (TPSA) is 46.2 Å². The Morgan fingerprint density at radius 1 is 1.44 bits per heavy atom. The fourth-order valence-corrected chi connectivity index (χ4v) is 2.33. The van der Waals surface area contributed by atoms with Crippen molar-refractivity contribution < 1.29 is 9.50 Å². The minimum absolute atomic E-state index is 0.133. The highest BCUT2D eigenvalue weighted by molar-refractivity contribution is 7.99.